The van der Waals surface area contributed by atoms with E-state index in [9.17, 15) is 9.59 Å². The zero-order chi connectivity index (χ0) is 17.2. The molecule has 0 atom stereocenters. The quantitative estimate of drug-likeness (QED) is 0.881. The smallest absolute Gasteiger partial charge is 0.314 e. The van der Waals surface area contributed by atoms with Crippen molar-refractivity contribution < 1.29 is 0 Å². The fraction of sp³-hybridized carbons (Fsp3) is 0.556. The molecule has 7 heteroatoms. The van der Waals surface area contributed by atoms with Crippen molar-refractivity contribution in [3.05, 3.63) is 55.9 Å². The first-order chi connectivity index (χ1) is 12.2. The van der Waals surface area contributed by atoms with E-state index >= 15 is 0 Å². The third kappa shape index (κ3) is 3.56. The molecule has 0 bridgehead atoms. The van der Waals surface area contributed by atoms with Gasteiger partial charge in [0.15, 0.2) is 0 Å². The normalized spacial score (nSPS) is 18.9. The van der Waals surface area contributed by atoms with Crippen LogP contribution in [-0.2, 0) is 19.5 Å². The highest BCUT2D eigenvalue weighted by Crippen LogP contribution is 2.31. The Kier molecular flexibility index (Phi) is 4.48. The maximum Gasteiger partial charge on any atom is 0.325 e. The average molecular weight is 341 g/mol. The summed E-state index contributed by atoms with van der Waals surface area (Å²) in [6.07, 6.45) is 10.7. The number of aromatic amines is 2. The van der Waals surface area contributed by atoms with Gasteiger partial charge in [-0.2, -0.15) is 0 Å². The number of hydrogen-bond acceptors (Lipinski definition) is 5. The van der Waals surface area contributed by atoms with Gasteiger partial charge < -0.3 is 4.98 Å². The molecule has 0 amide bonds. The Morgan fingerprint density at radius 3 is 2.84 bits per heavy atom. The van der Waals surface area contributed by atoms with Gasteiger partial charge in [-0.15, -0.1) is 0 Å². The molecular formula is C18H23N5O2. The lowest BCUT2D eigenvalue weighted by Gasteiger charge is -2.28. The minimum Gasteiger partial charge on any atom is -0.314 e. The molecule has 132 valence electrons. The van der Waals surface area contributed by atoms with Gasteiger partial charge in [-0.1, -0.05) is 19.3 Å². The van der Waals surface area contributed by atoms with Crippen LogP contribution in [0.4, 0.5) is 0 Å². The number of aromatic nitrogens is 4. The highest BCUT2D eigenvalue weighted by molar-refractivity contribution is 5.22. The SMILES string of the molecule is O=c1[nH]cc(CN2CCc3nc(C4CCCCC4)ncc3C2)c(=O)[nH]1. The van der Waals surface area contributed by atoms with E-state index in [1.165, 1.54) is 38.3 Å². The van der Waals surface area contributed by atoms with Crippen molar-refractivity contribution in [2.45, 2.75) is 57.5 Å². The van der Waals surface area contributed by atoms with E-state index in [4.69, 9.17) is 4.98 Å². The summed E-state index contributed by atoms with van der Waals surface area (Å²) in [4.78, 5) is 39.5. The molecule has 0 unspecified atom stereocenters. The van der Waals surface area contributed by atoms with Gasteiger partial charge in [-0.05, 0) is 12.8 Å². The van der Waals surface area contributed by atoms with Gasteiger partial charge in [0.05, 0.1) is 0 Å². The van der Waals surface area contributed by atoms with Gasteiger partial charge in [-0.3, -0.25) is 14.7 Å². The summed E-state index contributed by atoms with van der Waals surface area (Å²) >= 11 is 0. The van der Waals surface area contributed by atoms with E-state index in [-0.39, 0.29) is 5.56 Å². The zero-order valence-corrected chi connectivity index (χ0v) is 14.3. The lowest BCUT2D eigenvalue weighted by molar-refractivity contribution is 0.241. The summed E-state index contributed by atoms with van der Waals surface area (Å²) < 4.78 is 0. The second kappa shape index (κ2) is 6.92. The Morgan fingerprint density at radius 1 is 1.20 bits per heavy atom. The van der Waals surface area contributed by atoms with Crippen LogP contribution in [0.3, 0.4) is 0 Å². The van der Waals surface area contributed by atoms with Crippen molar-refractivity contribution in [3.8, 4) is 0 Å². The molecule has 1 fully saturated rings. The van der Waals surface area contributed by atoms with Gasteiger partial charge in [0.1, 0.15) is 5.82 Å². The molecule has 25 heavy (non-hydrogen) atoms. The molecule has 4 rings (SSSR count). The van der Waals surface area contributed by atoms with Crippen molar-refractivity contribution in [2.75, 3.05) is 6.54 Å². The van der Waals surface area contributed by atoms with Crippen molar-refractivity contribution in [2.24, 2.45) is 0 Å². The maximum atomic E-state index is 11.9. The minimum atomic E-state index is -0.471. The van der Waals surface area contributed by atoms with E-state index in [1.807, 2.05) is 6.20 Å². The van der Waals surface area contributed by atoms with E-state index in [0.717, 1.165) is 36.6 Å². The van der Waals surface area contributed by atoms with Crippen LogP contribution < -0.4 is 11.2 Å². The average Bonchev–Trinajstić information content (AvgIpc) is 2.64. The third-order valence-electron chi connectivity index (χ3n) is 5.29. The molecule has 2 aromatic rings. The first-order valence-electron chi connectivity index (χ1n) is 9.07. The predicted octanol–water partition coefficient (Wildman–Crippen LogP) is 1.46. The Bertz CT molecular complexity index is 866. The second-order valence-corrected chi connectivity index (χ2v) is 7.09. The highest BCUT2D eigenvalue weighted by Gasteiger charge is 2.23. The van der Waals surface area contributed by atoms with Crippen LogP contribution in [0.1, 0.15) is 60.7 Å². The largest absolute Gasteiger partial charge is 0.325 e. The summed E-state index contributed by atoms with van der Waals surface area (Å²) in [6, 6.07) is 0. The van der Waals surface area contributed by atoms with Crippen molar-refractivity contribution >= 4 is 0 Å². The first kappa shape index (κ1) is 16.2. The Labute approximate surface area is 145 Å². The van der Waals surface area contributed by atoms with Gasteiger partial charge in [0.2, 0.25) is 0 Å². The predicted molar refractivity (Wildman–Crippen MR) is 93.4 cm³/mol. The molecule has 2 aromatic heterocycles. The highest BCUT2D eigenvalue weighted by atomic mass is 16.2. The lowest BCUT2D eigenvalue weighted by Crippen LogP contribution is -2.34. The molecule has 0 spiro atoms. The van der Waals surface area contributed by atoms with Crippen LogP contribution in [0.15, 0.2) is 22.0 Å². The fourth-order valence-corrected chi connectivity index (χ4v) is 3.88. The number of hydrogen-bond donors (Lipinski definition) is 2. The second-order valence-electron chi connectivity index (χ2n) is 7.09. The molecule has 1 saturated carbocycles. The van der Waals surface area contributed by atoms with Crippen LogP contribution in [-0.4, -0.2) is 31.4 Å². The van der Waals surface area contributed by atoms with Gasteiger partial charge in [-0.25, -0.2) is 14.8 Å². The van der Waals surface area contributed by atoms with Crippen LogP contribution >= 0.6 is 0 Å². The topological polar surface area (TPSA) is 94.7 Å². The number of nitrogens with zero attached hydrogens (tertiary/aromatic N) is 3. The van der Waals surface area contributed by atoms with E-state index in [0.29, 0.717) is 18.0 Å². The summed E-state index contributed by atoms with van der Waals surface area (Å²) in [7, 11) is 0. The Balaban J connectivity index is 1.48. The Morgan fingerprint density at radius 2 is 2.04 bits per heavy atom. The monoisotopic (exact) mass is 341 g/mol. The van der Waals surface area contributed by atoms with Crippen molar-refractivity contribution in [3.63, 3.8) is 0 Å². The molecular weight excluding hydrogens is 318 g/mol. The molecule has 1 aliphatic heterocycles. The van der Waals surface area contributed by atoms with E-state index in [1.54, 1.807) is 0 Å². The molecule has 0 saturated heterocycles. The molecule has 2 N–H and O–H groups in total. The van der Waals surface area contributed by atoms with E-state index in [2.05, 4.69) is 19.9 Å². The molecule has 0 radical (unpaired) electrons. The van der Waals surface area contributed by atoms with Crippen molar-refractivity contribution in [1.29, 1.82) is 0 Å². The van der Waals surface area contributed by atoms with E-state index < -0.39 is 5.69 Å². The summed E-state index contributed by atoms with van der Waals surface area (Å²) in [5, 5.41) is 0. The van der Waals surface area contributed by atoms with Gasteiger partial charge >= 0.3 is 5.69 Å². The molecule has 1 aliphatic carbocycles. The van der Waals surface area contributed by atoms with Crippen LogP contribution in [0.5, 0.6) is 0 Å². The molecule has 7 nitrogen and oxygen atoms in total. The maximum absolute atomic E-state index is 11.9. The first-order valence-corrected chi connectivity index (χ1v) is 9.07. The summed E-state index contributed by atoms with van der Waals surface area (Å²) in [6.45, 7) is 2.10. The third-order valence-corrected chi connectivity index (χ3v) is 5.29. The molecule has 0 aromatic carbocycles. The summed E-state index contributed by atoms with van der Waals surface area (Å²) in [5.74, 6) is 1.54. The van der Waals surface area contributed by atoms with Crippen molar-refractivity contribution in [1.82, 2.24) is 24.8 Å². The van der Waals surface area contributed by atoms with Gasteiger partial charge in [0.25, 0.3) is 5.56 Å². The lowest BCUT2D eigenvalue weighted by atomic mass is 9.88. The zero-order valence-electron chi connectivity index (χ0n) is 14.3. The molecule has 2 aliphatic rings. The van der Waals surface area contributed by atoms with Crippen LogP contribution in [0, 0.1) is 0 Å². The minimum absolute atomic E-state index is 0.321. The number of rotatable bonds is 3. The standard InChI is InChI=1S/C18H23N5O2/c24-17-14(9-20-18(25)22-17)11-23-7-6-15-13(10-23)8-19-16(21-15)12-4-2-1-3-5-12/h8-9,12H,1-7,10-11H2,(H2,20,22,24,25). The number of H-pyrrole nitrogens is 2. The number of nitrogens with one attached hydrogen (secondary N) is 2. The fourth-order valence-electron chi connectivity index (χ4n) is 3.88. The van der Waals surface area contributed by atoms with Crippen LogP contribution in [0.2, 0.25) is 0 Å². The molecule has 3 heterocycles. The number of fused-ring (bicyclic) bond motifs is 1. The summed E-state index contributed by atoms with van der Waals surface area (Å²) in [5.41, 5.74) is 2.08. The van der Waals surface area contributed by atoms with Crippen LogP contribution in [0.25, 0.3) is 0 Å². The Hall–Kier alpha value is -2.28. The van der Waals surface area contributed by atoms with Gasteiger partial charge in [0, 0.05) is 61.2 Å².